The van der Waals surface area contributed by atoms with Crippen molar-refractivity contribution in [2.24, 2.45) is 21.1 Å². The molecule has 10 nitrogen and oxygen atoms in total. The fraction of sp³-hybridized carbons (Fsp3) is 1.00. The summed E-state index contributed by atoms with van der Waals surface area (Å²) in [5.41, 5.74) is 28.8. The largest absolute Gasteiger partial charge is 0.325 e. The first-order valence-electron chi connectivity index (χ1n) is 3.50. The maximum Gasteiger partial charge on any atom is 0.0441 e. The van der Waals surface area contributed by atoms with Crippen molar-refractivity contribution in [3.8, 4) is 0 Å². The van der Waals surface area contributed by atoms with Crippen molar-refractivity contribution in [2.45, 2.75) is 5.54 Å². The third-order valence-electron chi connectivity index (χ3n) is 1.35. The first-order chi connectivity index (χ1) is 6.68. The Morgan fingerprint density at radius 1 is 0.857 bits per heavy atom. The van der Waals surface area contributed by atoms with Crippen LogP contribution < -0.4 is 5.73 Å². The highest BCUT2D eigenvalue weighted by Gasteiger charge is 2.22. The van der Waals surface area contributed by atoms with Crippen molar-refractivity contribution in [2.75, 3.05) is 19.6 Å². The van der Waals surface area contributed by atoms with Crippen LogP contribution in [0, 0.1) is 0 Å². The van der Waals surface area contributed by atoms with Gasteiger partial charge in [0.15, 0.2) is 0 Å². The lowest BCUT2D eigenvalue weighted by Gasteiger charge is -2.22. The molecule has 0 unspecified atom stereocenters. The summed E-state index contributed by atoms with van der Waals surface area (Å²) in [5.74, 6) is 0. The molecule has 0 heterocycles. The zero-order valence-corrected chi connectivity index (χ0v) is 7.22. The van der Waals surface area contributed by atoms with Crippen LogP contribution in [0.4, 0.5) is 0 Å². The van der Waals surface area contributed by atoms with Gasteiger partial charge in [-0.3, -0.25) is 0 Å². The lowest BCUT2D eigenvalue weighted by atomic mass is 10.0. The maximum absolute atomic E-state index is 8.08. The van der Waals surface area contributed by atoms with E-state index in [9.17, 15) is 0 Å². The van der Waals surface area contributed by atoms with Gasteiger partial charge >= 0.3 is 0 Å². The van der Waals surface area contributed by atoms with Gasteiger partial charge in [-0.1, -0.05) is 15.3 Å². The summed E-state index contributed by atoms with van der Waals surface area (Å²) in [4.78, 5) is 7.54. The van der Waals surface area contributed by atoms with Gasteiger partial charge in [0.2, 0.25) is 0 Å². The predicted octanol–water partition coefficient (Wildman–Crippen LogP) is 1.61. The average molecular weight is 196 g/mol. The molecule has 0 fully saturated rings. The van der Waals surface area contributed by atoms with E-state index < -0.39 is 5.54 Å². The van der Waals surface area contributed by atoms with Crippen molar-refractivity contribution in [1.82, 2.24) is 0 Å². The highest BCUT2D eigenvalue weighted by Crippen LogP contribution is 2.04. The second kappa shape index (κ2) is 6.41. The van der Waals surface area contributed by atoms with Gasteiger partial charge in [-0.25, -0.2) is 0 Å². The lowest BCUT2D eigenvalue weighted by Crippen LogP contribution is -2.48. The Morgan fingerprint density at radius 3 is 1.36 bits per heavy atom. The third kappa shape index (κ3) is 4.70. The molecule has 74 valence electrons. The summed E-state index contributed by atoms with van der Waals surface area (Å²) in [6.07, 6.45) is 0. The maximum atomic E-state index is 8.08. The van der Waals surface area contributed by atoms with Gasteiger partial charge in [0, 0.05) is 39.9 Å². The molecule has 0 bridgehead atoms. The number of nitrogens with two attached hydrogens (primary N) is 1. The van der Waals surface area contributed by atoms with Gasteiger partial charge in [0.1, 0.15) is 0 Å². The van der Waals surface area contributed by atoms with E-state index in [1.807, 2.05) is 0 Å². The molecule has 0 amide bonds. The highest BCUT2D eigenvalue weighted by molar-refractivity contribution is 4.91. The molecule has 0 spiro atoms. The molecule has 14 heavy (non-hydrogen) atoms. The number of azide groups is 3. The monoisotopic (exact) mass is 196 g/mol. The molecule has 0 aromatic rings. The zero-order valence-electron chi connectivity index (χ0n) is 7.22. The molecular weight excluding hydrogens is 188 g/mol. The van der Waals surface area contributed by atoms with E-state index in [0.29, 0.717) is 0 Å². The van der Waals surface area contributed by atoms with Crippen LogP contribution in [0.15, 0.2) is 15.3 Å². The van der Waals surface area contributed by atoms with E-state index in [0.717, 1.165) is 0 Å². The van der Waals surface area contributed by atoms with E-state index in [4.69, 9.17) is 22.3 Å². The van der Waals surface area contributed by atoms with Crippen LogP contribution in [-0.2, 0) is 0 Å². The van der Waals surface area contributed by atoms with Crippen LogP contribution >= 0.6 is 0 Å². The van der Waals surface area contributed by atoms with Crippen LogP contribution in [0.5, 0.6) is 0 Å². The van der Waals surface area contributed by atoms with Gasteiger partial charge in [0.25, 0.3) is 0 Å². The van der Waals surface area contributed by atoms with Crippen LogP contribution in [-0.4, -0.2) is 25.2 Å². The molecule has 0 aromatic carbocycles. The van der Waals surface area contributed by atoms with Crippen LogP contribution in [0.3, 0.4) is 0 Å². The molecule has 0 atom stereocenters. The minimum absolute atomic E-state index is 0.0957. The Bertz CT molecular complexity index is 263. The highest BCUT2D eigenvalue weighted by atomic mass is 15.2. The van der Waals surface area contributed by atoms with E-state index in [2.05, 4.69) is 30.1 Å². The number of hydrogen-bond acceptors (Lipinski definition) is 4. The Hall–Kier alpha value is -2.11. The van der Waals surface area contributed by atoms with Crippen LogP contribution in [0.2, 0.25) is 0 Å². The van der Waals surface area contributed by atoms with E-state index in [-0.39, 0.29) is 19.6 Å². The predicted molar refractivity (Wildman–Crippen MR) is 49.0 cm³/mol. The van der Waals surface area contributed by atoms with Crippen molar-refractivity contribution < 1.29 is 0 Å². The molecule has 0 aliphatic carbocycles. The standard InChI is InChI=1S/C4H8N10/c5-4(1-9-12-6,2-10-13-7)3-11-14-8/h1-3,5H2. The van der Waals surface area contributed by atoms with E-state index in [1.165, 1.54) is 0 Å². The molecule has 0 rings (SSSR count). The van der Waals surface area contributed by atoms with E-state index in [1.54, 1.807) is 0 Å². The summed E-state index contributed by atoms with van der Waals surface area (Å²) in [6.45, 7) is -0.287. The fourth-order valence-electron chi connectivity index (χ4n) is 0.667. The number of rotatable bonds is 6. The molecule has 0 aromatic heterocycles. The zero-order chi connectivity index (χ0) is 10.9. The molecule has 0 aliphatic heterocycles. The van der Waals surface area contributed by atoms with Crippen molar-refractivity contribution >= 4 is 0 Å². The molecule has 0 saturated heterocycles. The summed E-state index contributed by atoms with van der Waals surface area (Å²) >= 11 is 0. The summed E-state index contributed by atoms with van der Waals surface area (Å²) in [7, 11) is 0. The number of hydrogen-bond donors (Lipinski definition) is 1. The Morgan fingerprint density at radius 2 is 1.14 bits per heavy atom. The Balaban J connectivity index is 4.53. The molecular formula is C4H8N10. The van der Waals surface area contributed by atoms with Crippen molar-refractivity contribution in [1.29, 1.82) is 0 Å². The van der Waals surface area contributed by atoms with Gasteiger partial charge < -0.3 is 5.73 Å². The minimum Gasteiger partial charge on any atom is -0.325 e. The third-order valence-corrected chi connectivity index (χ3v) is 1.35. The van der Waals surface area contributed by atoms with E-state index >= 15 is 0 Å². The second-order valence-corrected chi connectivity index (χ2v) is 2.53. The summed E-state index contributed by atoms with van der Waals surface area (Å²) < 4.78 is 0. The molecule has 2 N–H and O–H groups in total. The summed E-state index contributed by atoms with van der Waals surface area (Å²) in [5, 5.41) is 9.72. The Kier molecular flexibility index (Phi) is 5.44. The summed E-state index contributed by atoms with van der Waals surface area (Å²) in [6, 6.07) is 0. The molecule has 10 heteroatoms. The molecule has 0 aliphatic rings. The normalized spacial score (nSPS) is 12.6. The second-order valence-electron chi connectivity index (χ2n) is 2.53. The quantitative estimate of drug-likeness (QED) is 0.379. The van der Waals surface area contributed by atoms with Gasteiger partial charge in [-0.2, -0.15) is 0 Å². The van der Waals surface area contributed by atoms with Gasteiger partial charge in [0.05, 0.1) is 0 Å². The molecule has 0 saturated carbocycles. The first kappa shape index (κ1) is 11.9. The van der Waals surface area contributed by atoms with Crippen LogP contribution in [0.1, 0.15) is 0 Å². The SMILES string of the molecule is [N-]=[N+]=NCC(N)(CN=[N+]=[N-])CN=[N+]=[N-]. The molecule has 0 radical (unpaired) electrons. The van der Waals surface area contributed by atoms with Gasteiger partial charge in [-0.15, -0.1) is 0 Å². The smallest absolute Gasteiger partial charge is 0.0441 e. The number of nitrogens with zero attached hydrogens (tertiary/aromatic N) is 9. The van der Waals surface area contributed by atoms with Gasteiger partial charge in [-0.05, 0) is 16.6 Å². The minimum atomic E-state index is -1.11. The lowest BCUT2D eigenvalue weighted by molar-refractivity contribution is 0.455. The average Bonchev–Trinajstić information content (AvgIpc) is 2.21. The van der Waals surface area contributed by atoms with Crippen molar-refractivity contribution in [3.63, 3.8) is 0 Å². The first-order valence-corrected chi connectivity index (χ1v) is 3.50. The van der Waals surface area contributed by atoms with Crippen molar-refractivity contribution in [3.05, 3.63) is 31.3 Å². The topological polar surface area (TPSA) is 172 Å². The Labute approximate surface area is 78.6 Å². The van der Waals surface area contributed by atoms with Crippen LogP contribution in [0.25, 0.3) is 31.3 Å². The fourth-order valence-corrected chi connectivity index (χ4v) is 0.667.